The third kappa shape index (κ3) is 6.81. The number of hydrogen-bond acceptors (Lipinski definition) is 6. The van der Waals surface area contributed by atoms with Crippen LogP contribution < -0.4 is 10.1 Å². The Morgan fingerprint density at radius 3 is 2.28 bits per heavy atom. The second kappa shape index (κ2) is 12.1. The normalized spacial score (nSPS) is 18.5. The van der Waals surface area contributed by atoms with Gasteiger partial charge in [0.05, 0.1) is 23.5 Å². The van der Waals surface area contributed by atoms with Crippen LogP contribution in [-0.2, 0) is 26.0 Å². The third-order valence-electron chi connectivity index (χ3n) is 8.23. The maximum Gasteiger partial charge on any atom is 0.229 e. The first-order valence-electron chi connectivity index (χ1n) is 13.8. The highest BCUT2D eigenvalue weighted by molar-refractivity contribution is 7.90. The van der Waals surface area contributed by atoms with E-state index in [0.29, 0.717) is 11.4 Å². The predicted molar refractivity (Wildman–Crippen MR) is 151 cm³/mol. The maximum atomic E-state index is 13.5. The van der Waals surface area contributed by atoms with Gasteiger partial charge in [-0.25, -0.2) is 8.42 Å². The molecule has 2 aromatic carbocycles. The molecule has 2 aliphatic rings. The van der Waals surface area contributed by atoms with E-state index in [2.05, 4.69) is 10.2 Å². The summed E-state index contributed by atoms with van der Waals surface area (Å²) in [6.45, 7) is 7.53. The number of hydrogen-bond donors (Lipinski definition) is 1. The zero-order chi connectivity index (χ0) is 28.2. The fourth-order valence-corrected chi connectivity index (χ4v) is 6.31. The molecule has 1 atom stereocenters. The van der Waals surface area contributed by atoms with Gasteiger partial charge in [-0.05, 0) is 62.5 Å². The smallest absolute Gasteiger partial charge is 0.229 e. The van der Waals surface area contributed by atoms with Gasteiger partial charge >= 0.3 is 0 Å². The van der Waals surface area contributed by atoms with E-state index in [9.17, 15) is 18.0 Å². The summed E-state index contributed by atoms with van der Waals surface area (Å²) < 4.78 is 29.0. The number of amides is 2. The number of ether oxygens (including phenoxy) is 1. The van der Waals surface area contributed by atoms with E-state index in [1.807, 2.05) is 43.0 Å². The number of carbonyl (C=O) groups is 2. The van der Waals surface area contributed by atoms with Gasteiger partial charge in [-0.15, -0.1) is 0 Å². The van der Waals surface area contributed by atoms with Gasteiger partial charge in [-0.1, -0.05) is 44.2 Å². The van der Waals surface area contributed by atoms with E-state index >= 15 is 0 Å². The lowest BCUT2D eigenvalue weighted by atomic mass is 9.77. The summed E-state index contributed by atoms with van der Waals surface area (Å²) in [6.07, 6.45) is 4.47. The molecule has 9 heteroatoms. The predicted octanol–water partition coefficient (Wildman–Crippen LogP) is 3.82. The second-order valence-electron chi connectivity index (χ2n) is 11.3. The maximum absolute atomic E-state index is 13.5. The lowest BCUT2D eigenvalue weighted by Crippen LogP contribution is -2.45. The van der Waals surface area contributed by atoms with Gasteiger partial charge in [-0.2, -0.15) is 0 Å². The molecule has 2 saturated heterocycles. The van der Waals surface area contributed by atoms with Crippen molar-refractivity contribution in [1.82, 2.24) is 15.1 Å². The van der Waals surface area contributed by atoms with Gasteiger partial charge in [-0.3, -0.25) is 9.59 Å². The Bertz CT molecular complexity index is 1270. The molecule has 4 rings (SSSR count). The van der Waals surface area contributed by atoms with Crippen molar-refractivity contribution in [2.45, 2.75) is 57.0 Å². The third-order valence-corrected chi connectivity index (χ3v) is 9.36. The standard InChI is InChI=1S/C30H41N3O5S/c1-22(2)28(34)31-26(25-7-5-6-8-27(25)38-3)13-17-32-18-14-30(15-19-32)16-20-33(29(30)35)21-23-9-11-24(12-10-23)39(4,36)37/h5-12,22,26H,13-21H2,1-4H3,(H,31,34). The Kier molecular flexibility index (Phi) is 9.01. The van der Waals surface area contributed by atoms with Gasteiger partial charge in [0.2, 0.25) is 11.8 Å². The summed E-state index contributed by atoms with van der Waals surface area (Å²) >= 11 is 0. The van der Waals surface area contributed by atoms with Crippen molar-refractivity contribution in [3.63, 3.8) is 0 Å². The molecule has 2 amide bonds. The number of methoxy groups -OCH3 is 1. The number of piperidine rings is 1. The molecule has 0 saturated carbocycles. The molecular weight excluding hydrogens is 514 g/mol. The summed E-state index contributed by atoms with van der Waals surface area (Å²) in [5.74, 6) is 0.897. The van der Waals surface area contributed by atoms with E-state index in [-0.39, 0.29) is 29.2 Å². The van der Waals surface area contributed by atoms with E-state index in [1.54, 1.807) is 31.4 Å². The van der Waals surface area contributed by atoms with Crippen molar-refractivity contribution in [2.24, 2.45) is 11.3 Å². The first kappa shape index (κ1) is 29.1. The van der Waals surface area contributed by atoms with Crippen LogP contribution in [0.2, 0.25) is 0 Å². The van der Waals surface area contributed by atoms with Crippen molar-refractivity contribution in [1.29, 1.82) is 0 Å². The minimum atomic E-state index is -3.24. The number of likely N-dealkylation sites (tertiary alicyclic amines) is 2. The Balaban J connectivity index is 1.34. The second-order valence-corrected chi connectivity index (χ2v) is 13.3. The fraction of sp³-hybridized carbons (Fsp3) is 0.533. The van der Waals surface area contributed by atoms with E-state index in [4.69, 9.17) is 4.74 Å². The zero-order valence-electron chi connectivity index (χ0n) is 23.5. The summed E-state index contributed by atoms with van der Waals surface area (Å²) in [5.41, 5.74) is 1.61. The van der Waals surface area contributed by atoms with E-state index < -0.39 is 9.84 Å². The van der Waals surface area contributed by atoms with Crippen molar-refractivity contribution in [3.05, 3.63) is 59.7 Å². The molecule has 8 nitrogen and oxygen atoms in total. The van der Waals surface area contributed by atoms with Gasteiger partial charge in [0.15, 0.2) is 9.84 Å². The molecule has 212 valence electrons. The highest BCUT2D eigenvalue weighted by Crippen LogP contribution is 2.42. The van der Waals surface area contributed by atoms with Gasteiger partial charge < -0.3 is 19.9 Å². The highest BCUT2D eigenvalue weighted by atomic mass is 32.2. The lowest BCUT2D eigenvalue weighted by molar-refractivity contribution is -0.139. The largest absolute Gasteiger partial charge is 0.496 e. The first-order chi connectivity index (χ1) is 18.5. The average Bonchev–Trinajstić information content (AvgIpc) is 3.21. The molecule has 2 heterocycles. The number of sulfone groups is 1. The topological polar surface area (TPSA) is 96.0 Å². The van der Waals surface area contributed by atoms with Crippen LogP contribution in [0.25, 0.3) is 0 Å². The lowest BCUT2D eigenvalue weighted by Gasteiger charge is -2.38. The molecule has 2 aliphatic heterocycles. The number of benzene rings is 2. The zero-order valence-corrected chi connectivity index (χ0v) is 24.3. The van der Waals surface area contributed by atoms with E-state index in [1.165, 1.54) is 6.26 Å². The van der Waals surface area contributed by atoms with Crippen LogP contribution in [0.5, 0.6) is 5.75 Å². The van der Waals surface area contributed by atoms with Crippen LogP contribution in [0.3, 0.4) is 0 Å². The number of nitrogens with zero attached hydrogens (tertiary/aromatic N) is 2. The van der Waals surface area contributed by atoms with Crippen LogP contribution in [-0.4, -0.2) is 69.6 Å². The number of para-hydroxylation sites is 1. The summed E-state index contributed by atoms with van der Waals surface area (Å²) in [6, 6.07) is 14.5. The van der Waals surface area contributed by atoms with Gasteiger partial charge in [0.1, 0.15) is 5.75 Å². The highest BCUT2D eigenvalue weighted by Gasteiger charge is 2.47. The molecule has 0 bridgehead atoms. The molecule has 1 spiro atoms. The molecular formula is C30H41N3O5S. The first-order valence-corrected chi connectivity index (χ1v) is 15.7. The molecule has 0 radical (unpaired) electrons. The number of carbonyl (C=O) groups excluding carboxylic acids is 2. The SMILES string of the molecule is COc1ccccc1C(CCN1CCC2(CC1)CCN(Cc1ccc(S(C)(=O)=O)cc1)C2=O)NC(=O)C(C)C. The molecule has 2 aromatic rings. The Hall–Kier alpha value is -2.91. The molecule has 39 heavy (non-hydrogen) atoms. The Labute approximate surface area is 232 Å². The monoisotopic (exact) mass is 555 g/mol. The quantitative estimate of drug-likeness (QED) is 0.479. The van der Waals surface area contributed by atoms with Crippen LogP contribution in [0, 0.1) is 11.3 Å². The Morgan fingerprint density at radius 1 is 1.03 bits per heavy atom. The number of rotatable bonds is 10. The van der Waals surface area contributed by atoms with Crippen molar-refractivity contribution < 1.29 is 22.7 Å². The fourth-order valence-electron chi connectivity index (χ4n) is 5.68. The van der Waals surface area contributed by atoms with Crippen LogP contribution >= 0.6 is 0 Å². The number of nitrogens with one attached hydrogen (secondary N) is 1. The molecule has 1 unspecified atom stereocenters. The molecule has 1 N–H and O–H groups in total. The van der Waals surface area contributed by atoms with Crippen LogP contribution in [0.15, 0.2) is 53.4 Å². The summed E-state index contributed by atoms with van der Waals surface area (Å²) in [4.78, 5) is 30.7. The van der Waals surface area contributed by atoms with Gasteiger partial charge in [0.25, 0.3) is 0 Å². The van der Waals surface area contributed by atoms with Crippen molar-refractivity contribution in [3.8, 4) is 5.75 Å². The molecule has 2 fully saturated rings. The van der Waals surface area contributed by atoms with Crippen molar-refractivity contribution in [2.75, 3.05) is 39.5 Å². The van der Waals surface area contributed by atoms with Crippen LogP contribution in [0.4, 0.5) is 0 Å². The molecule has 0 aromatic heterocycles. The molecule has 0 aliphatic carbocycles. The van der Waals surface area contributed by atoms with E-state index in [0.717, 1.165) is 68.7 Å². The van der Waals surface area contributed by atoms with Gasteiger partial charge in [0, 0.05) is 37.4 Å². The van der Waals surface area contributed by atoms with Crippen molar-refractivity contribution >= 4 is 21.7 Å². The Morgan fingerprint density at radius 2 is 1.67 bits per heavy atom. The minimum absolute atomic E-state index is 0.0195. The van der Waals surface area contributed by atoms with Crippen LogP contribution in [0.1, 0.15) is 56.7 Å². The summed E-state index contributed by atoms with van der Waals surface area (Å²) in [5, 5.41) is 3.20. The minimum Gasteiger partial charge on any atom is -0.496 e. The summed E-state index contributed by atoms with van der Waals surface area (Å²) in [7, 11) is -1.59. The average molecular weight is 556 g/mol.